The minimum absolute atomic E-state index is 0.0594. The Morgan fingerprint density at radius 3 is 2.22 bits per heavy atom. The zero-order valence-corrected chi connectivity index (χ0v) is 13.6. The number of benzene rings is 2. The van der Waals surface area contributed by atoms with Crippen LogP contribution < -0.4 is 5.32 Å². The van der Waals surface area contributed by atoms with Gasteiger partial charge in [-0.05, 0) is 30.5 Å². The summed E-state index contributed by atoms with van der Waals surface area (Å²) in [4.78, 5) is 12.7. The summed E-state index contributed by atoms with van der Waals surface area (Å²) >= 11 is 0. The van der Waals surface area contributed by atoms with Gasteiger partial charge in [-0.3, -0.25) is 4.79 Å². The average Bonchev–Trinajstić information content (AvgIpc) is 2.59. The molecular weight excluding hydrogens is 282 g/mol. The topological polar surface area (TPSA) is 29.1 Å². The maximum Gasteiger partial charge on any atom is 0.138 e. The molecule has 2 nitrogen and oxygen atoms in total. The molecule has 2 atom stereocenters. The predicted molar refractivity (Wildman–Crippen MR) is 95.4 cm³/mol. The molecule has 0 unspecified atom stereocenters. The molecule has 1 saturated carbocycles. The van der Waals surface area contributed by atoms with E-state index in [1.54, 1.807) is 0 Å². The highest BCUT2D eigenvalue weighted by Gasteiger charge is 2.29. The SMILES string of the molecule is O=C1CCCCCC[C@@H]1[C@@H](Nc1ccccc1)c1ccccc1. The molecule has 0 bridgehead atoms. The lowest BCUT2D eigenvalue weighted by Gasteiger charge is -2.30. The maximum atomic E-state index is 12.7. The van der Waals surface area contributed by atoms with E-state index < -0.39 is 0 Å². The van der Waals surface area contributed by atoms with Crippen LogP contribution in [0.25, 0.3) is 0 Å². The van der Waals surface area contributed by atoms with Crippen molar-refractivity contribution in [2.75, 3.05) is 5.32 Å². The third-order valence-electron chi connectivity index (χ3n) is 4.76. The second-order valence-corrected chi connectivity index (χ2v) is 6.42. The summed E-state index contributed by atoms with van der Waals surface area (Å²) in [6.07, 6.45) is 6.35. The van der Waals surface area contributed by atoms with E-state index in [1.807, 2.05) is 24.3 Å². The number of carbonyl (C=O) groups excluding carboxylic acids is 1. The van der Waals surface area contributed by atoms with Crippen molar-refractivity contribution >= 4 is 11.5 Å². The van der Waals surface area contributed by atoms with E-state index in [9.17, 15) is 4.79 Å². The molecule has 120 valence electrons. The van der Waals surface area contributed by atoms with Gasteiger partial charge in [0.05, 0.1) is 6.04 Å². The summed E-state index contributed by atoms with van der Waals surface area (Å²) in [7, 11) is 0. The Labute approximate surface area is 138 Å². The van der Waals surface area contributed by atoms with Crippen molar-refractivity contribution < 1.29 is 4.79 Å². The number of hydrogen-bond acceptors (Lipinski definition) is 2. The number of hydrogen-bond donors (Lipinski definition) is 1. The molecule has 1 aliphatic carbocycles. The first-order chi connectivity index (χ1) is 11.3. The second kappa shape index (κ2) is 7.96. The zero-order chi connectivity index (χ0) is 15.9. The Balaban J connectivity index is 1.88. The van der Waals surface area contributed by atoms with Crippen LogP contribution in [-0.4, -0.2) is 5.78 Å². The largest absolute Gasteiger partial charge is 0.378 e. The molecule has 2 aromatic rings. The highest BCUT2D eigenvalue weighted by molar-refractivity contribution is 5.82. The third kappa shape index (κ3) is 4.22. The molecule has 1 aliphatic rings. The lowest BCUT2D eigenvalue weighted by Crippen LogP contribution is -2.28. The Morgan fingerprint density at radius 2 is 1.48 bits per heavy atom. The Hall–Kier alpha value is -2.09. The molecule has 0 saturated heterocycles. The second-order valence-electron chi connectivity index (χ2n) is 6.42. The van der Waals surface area contributed by atoms with Gasteiger partial charge in [0.25, 0.3) is 0 Å². The van der Waals surface area contributed by atoms with E-state index in [0.717, 1.165) is 31.4 Å². The normalized spacial score (nSPS) is 20.3. The Morgan fingerprint density at radius 1 is 0.826 bits per heavy atom. The summed E-state index contributed by atoms with van der Waals surface area (Å²) in [5, 5.41) is 3.62. The lowest BCUT2D eigenvalue weighted by atomic mass is 9.82. The average molecular weight is 307 g/mol. The van der Waals surface area contributed by atoms with Gasteiger partial charge in [-0.1, -0.05) is 67.8 Å². The van der Waals surface area contributed by atoms with Gasteiger partial charge in [0.2, 0.25) is 0 Å². The molecule has 1 fully saturated rings. The van der Waals surface area contributed by atoms with Crippen LogP contribution in [0.4, 0.5) is 5.69 Å². The fourth-order valence-electron chi connectivity index (χ4n) is 3.51. The van der Waals surface area contributed by atoms with E-state index >= 15 is 0 Å². The van der Waals surface area contributed by atoms with Gasteiger partial charge in [-0.15, -0.1) is 0 Å². The van der Waals surface area contributed by atoms with Crippen molar-refractivity contribution in [1.29, 1.82) is 0 Å². The van der Waals surface area contributed by atoms with Gasteiger partial charge in [0, 0.05) is 18.0 Å². The quantitative estimate of drug-likeness (QED) is 0.821. The first-order valence-corrected chi connectivity index (χ1v) is 8.74. The lowest BCUT2D eigenvalue weighted by molar-refractivity contribution is -0.124. The summed E-state index contributed by atoms with van der Waals surface area (Å²) < 4.78 is 0. The van der Waals surface area contributed by atoms with Crippen LogP contribution in [0, 0.1) is 5.92 Å². The number of anilines is 1. The molecule has 23 heavy (non-hydrogen) atoms. The van der Waals surface area contributed by atoms with E-state index in [4.69, 9.17) is 0 Å². The fraction of sp³-hybridized carbons (Fsp3) is 0.381. The molecule has 0 radical (unpaired) electrons. The van der Waals surface area contributed by atoms with Crippen molar-refractivity contribution in [2.24, 2.45) is 5.92 Å². The molecule has 2 aromatic carbocycles. The Kier molecular flexibility index (Phi) is 5.46. The molecule has 2 heteroatoms. The van der Waals surface area contributed by atoms with E-state index in [0.29, 0.717) is 5.78 Å². The van der Waals surface area contributed by atoms with E-state index in [2.05, 4.69) is 41.7 Å². The molecule has 1 N–H and O–H groups in total. The molecule has 3 rings (SSSR count). The molecular formula is C21H25NO. The number of rotatable bonds is 4. The first kappa shape index (κ1) is 15.8. The van der Waals surface area contributed by atoms with Crippen molar-refractivity contribution in [3.63, 3.8) is 0 Å². The highest BCUT2D eigenvalue weighted by atomic mass is 16.1. The van der Waals surface area contributed by atoms with Gasteiger partial charge in [-0.25, -0.2) is 0 Å². The number of para-hydroxylation sites is 1. The summed E-state index contributed by atoms with van der Waals surface area (Å²) in [6.45, 7) is 0. The van der Waals surface area contributed by atoms with Crippen molar-refractivity contribution in [3.8, 4) is 0 Å². The monoisotopic (exact) mass is 307 g/mol. The standard InChI is InChI=1S/C21H25NO/c23-20-16-10-2-1-9-15-19(20)21(17-11-5-3-6-12-17)22-18-13-7-4-8-14-18/h3-8,11-14,19,21-22H,1-2,9-10,15-16H2/t19-,21-/m0/s1. The van der Waals surface area contributed by atoms with Crippen molar-refractivity contribution in [2.45, 2.75) is 44.6 Å². The highest BCUT2D eigenvalue weighted by Crippen LogP contribution is 2.33. The summed E-state index contributed by atoms with van der Waals surface area (Å²) in [5.74, 6) is 0.486. The zero-order valence-electron chi connectivity index (χ0n) is 13.6. The Bertz CT molecular complexity index is 608. The number of ketones is 1. The number of carbonyl (C=O) groups is 1. The summed E-state index contributed by atoms with van der Waals surface area (Å²) in [5.41, 5.74) is 2.28. The molecule has 0 spiro atoms. The molecule has 0 heterocycles. The fourth-order valence-corrected chi connectivity index (χ4v) is 3.51. The van der Waals surface area contributed by atoms with Crippen LogP contribution in [0.5, 0.6) is 0 Å². The van der Waals surface area contributed by atoms with Crippen LogP contribution in [0.15, 0.2) is 60.7 Å². The van der Waals surface area contributed by atoms with Gasteiger partial charge >= 0.3 is 0 Å². The molecule has 0 amide bonds. The molecule has 0 aromatic heterocycles. The van der Waals surface area contributed by atoms with Gasteiger partial charge in [-0.2, -0.15) is 0 Å². The van der Waals surface area contributed by atoms with Crippen molar-refractivity contribution in [1.82, 2.24) is 0 Å². The predicted octanol–water partition coefficient (Wildman–Crippen LogP) is 5.38. The van der Waals surface area contributed by atoms with Crippen LogP contribution in [0.2, 0.25) is 0 Å². The number of Topliss-reactive ketones (excluding diaryl/α,β-unsaturated/α-hetero) is 1. The van der Waals surface area contributed by atoms with Gasteiger partial charge < -0.3 is 5.32 Å². The molecule has 0 aliphatic heterocycles. The van der Waals surface area contributed by atoms with Gasteiger partial charge in [0.1, 0.15) is 5.78 Å². The van der Waals surface area contributed by atoms with Gasteiger partial charge in [0.15, 0.2) is 0 Å². The first-order valence-electron chi connectivity index (χ1n) is 8.74. The smallest absolute Gasteiger partial charge is 0.138 e. The third-order valence-corrected chi connectivity index (χ3v) is 4.76. The minimum Gasteiger partial charge on any atom is -0.378 e. The summed E-state index contributed by atoms with van der Waals surface area (Å²) in [6, 6.07) is 20.7. The van der Waals surface area contributed by atoms with Crippen molar-refractivity contribution in [3.05, 3.63) is 66.2 Å². The van der Waals surface area contributed by atoms with Crippen LogP contribution in [-0.2, 0) is 4.79 Å². The van der Waals surface area contributed by atoms with Crippen LogP contribution in [0.3, 0.4) is 0 Å². The maximum absolute atomic E-state index is 12.7. The van der Waals surface area contributed by atoms with E-state index in [-0.39, 0.29) is 12.0 Å². The number of nitrogens with one attached hydrogen (secondary N) is 1. The van der Waals surface area contributed by atoms with E-state index in [1.165, 1.54) is 18.4 Å². The van der Waals surface area contributed by atoms with Crippen LogP contribution >= 0.6 is 0 Å². The minimum atomic E-state index is 0.0594. The van der Waals surface area contributed by atoms with Crippen LogP contribution in [0.1, 0.15) is 50.1 Å².